The van der Waals surface area contributed by atoms with Gasteiger partial charge in [0.15, 0.2) is 5.60 Å². The molecule has 0 aromatic heterocycles. The number of ether oxygens (including phenoxy) is 3. The zero-order valence-corrected chi connectivity index (χ0v) is 13.9. The zero-order chi connectivity index (χ0) is 18.4. The van der Waals surface area contributed by atoms with Crippen LogP contribution in [-0.4, -0.2) is 42.8 Å². The van der Waals surface area contributed by atoms with Crippen LogP contribution < -0.4 is 0 Å². The third kappa shape index (κ3) is 4.90. The molecule has 0 amide bonds. The molecule has 2 rings (SSSR count). The highest BCUT2D eigenvalue weighted by molar-refractivity contribution is 5.93. The molecule has 7 nitrogen and oxygen atoms in total. The van der Waals surface area contributed by atoms with Gasteiger partial charge in [0.05, 0.1) is 26.1 Å². The number of carboxylic acid groups (broad SMARTS) is 1. The van der Waals surface area contributed by atoms with E-state index in [0.29, 0.717) is 0 Å². The lowest BCUT2D eigenvalue weighted by molar-refractivity contribution is -0.218. The first-order chi connectivity index (χ1) is 11.8. The first-order valence-corrected chi connectivity index (χ1v) is 7.76. The summed E-state index contributed by atoms with van der Waals surface area (Å²) in [5, 5.41) is 8.50. The Morgan fingerprint density at radius 2 is 1.88 bits per heavy atom. The van der Waals surface area contributed by atoms with E-state index in [1.165, 1.54) is 0 Å². The van der Waals surface area contributed by atoms with E-state index >= 15 is 0 Å². The number of carboxylic acids is 1. The third-order valence-corrected chi connectivity index (χ3v) is 3.75. The van der Waals surface area contributed by atoms with Crippen LogP contribution in [0.3, 0.4) is 0 Å². The van der Waals surface area contributed by atoms with Crippen LogP contribution in [0.5, 0.6) is 0 Å². The molecule has 0 atom stereocenters. The predicted molar refractivity (Wildman–Crippen MR) is 86.7 cm³/mol. The van der Waals surface area contributed by atoms with Crippen molar-refractivity contribution >= 4 is 17.9 Å². The molecular weight excluding hydrogens is 328 g/mol. The van der Waals surface area contributed by atoms with Crippen LogP contribution >= 0.6 is 0 Å². The van der Waals surface area contributed by atoms with Gasteiger partial charge < -0.3 is 19.3 Å². The maximum absolute atomic E-state index is 12.1. The van der Waals surface area contributed by atoms with E-state index in [-0.39, 0.29) is 38.2 Å². The van der Waals surface area contributed by atoms with Crippen molar-refractivity contribution < 1.29 is 33.7 Å². The Hall–Kier alpha value is -2.67. The topological polar surface area (TPSA) is 99.1 Å². The van der Waals surface area contributed by atoms with E-state index in [2.05, 4.69) is 6.58 Å². The molecule has 0 unspecified atom stereocenters. The molecule has 1 aliphatic rings. The number of rotatable bonds is 8. The molecule has 1 aromatic carbocycles. The van der Waals surface area contributed by atoms with Crippen LogP contribution in [0.4, 0.5) is 0 Å². The second-order valence-electron chi connectivity index (χ2n) is 5.89. The summed E-state index contributed by atoms with van der Waals surface area (Å²) >= 11 is 0. The normalized spacial score (nSPS) is 14.9. The van der Waals surface area contributed by atoms with Crippen molar-refractivity contribution in [2.75, 3.05) is 19.8 Å². The van der Waals surface area contributed by atoms with E-state index in [0.717, 1.165) is 11.1 Å². The molecule has 0 bridgehead atoms. The highest BCUT2D eigenvalue weighted by Gasteiger charge is 2.44. The zero-order valence-electron chi connectivity index (χ0n) is 13.9. The van der Waals surface area contributed by atoms with Gasteiger partial charge in [-0.15, -0.1) is 0 Å². The summed E-state index contributed by atoms with van der Waals surface area (Å²) < 4.78 is 15.5. The molecule has 0 saturated carbocycles. The van der Waals surface area contributed by atoms with Crippen molar-refractivity contribution in [3.05, 3.63) is 47.5 Å². The minimum Gasteiger partial charge on any atom is -0.481 e. The molecule has 1 aromatic rings. The van der Waals surface area contributed by atoms with Crippen molar-refractivity contribution in [2.45, 2.75) is 25.4 Å². The van der Waals surface area contributed by atoms with Gasteiger partial charge >= 0.3 is 17.9 Å². The van der Waals surface area contributed by atoms with Crippen molar-refractivity contribution in [2.24, 2.45) is 0 Å². The fourth-order valence-electron chi connectivity index (χ4n) is 2.26. The number of carbonyl (C=O) groups is 3. The molecule has 1 fully saturated rings. The monoisotopic (exact) mass is 348 g/mol. The summed E-state index contributed by atoms with van der Waals surface area (Å²) in [6, 6.07) is 7.59. The van der Waals surface area contributed by atoms with E-state index < -0.39 is 23.5 Å². The number of carbonyl (C=O) groups excluding carboxylic acids is 2. The van der Waals surface area contributed by atoms with Gasteiger partial charge in [0.25, 0.3) is 0 Å². The van der Waals surface area contributed by atoms with Crippen LogP contribution in [-0.2, 0) is 34.2 Å². The van der Waals surface area contributed by atoms with Crippen LogP contribution in [0, 0.1) is 6.92 Å². The van der Waals surface area contributed by atoms with Gasteiger partial charge in [-0.25, -0.2) is 4.79 Å². The highest BCUT2D eigenvalue weighted by Crippen LogP contribution is 2.34. The Morgan fingerprint density at radius 1 is 1.24 bits per heavy atom. The Balaban J connectivity index is 1.90. The number of hydrogen-bond donors (Lipinski definition) is 1. The second-order valence-corrected chi connectivity index (χ2v) is 5.89. The van der Waals surface area contributed by atoms with Crippen LogP contribution in [0.2, 0.25) is 0 Å². The molecule has 7 heteroatoms. The molecule has 0 spiro atoms. The van der Waals surface area contributed by atoms with Crippen LogP contribution in [0.15, 0.2) is 36.4 Å². The van der Waals surface area contributed by atoms with Crippen LogP contribution in [0.1, 0.15) is 24.0 Å². The number of aryl methyl sites for hydroxylation is 1. The summed E-state index contributed by atoms with van der Waals surface area (Å²) in [5.74, 6) is -2.51. The molecule has 1 aliphatic heterocycles. The molecular formula is C18H20O7. The second kappa shape index (κ2) is 7.94. The summed E-state index contributed by atoms with van der Waals surface area (Å²) in [6.07, 6.45) is -0.642. The molecule has 134 valence electrons. The molecule has 0 radical (unpaired) electrons. The van der Waals surface area contributed by atoms with Gasteiger partial charge in [-0.1, -0.05) is 36.4 Å². The summed E-state index contributed by atoms with van der Waals surface area (Å²) in [4.78, 5) is 34.2. The highest BCUT2D eigenvalue weighted by atomic mass is 16.6. The number of esters is 2. The quantitative estimate of drug-likeness (QED) is 0.564. The molecule has 25 heavy (non-hydrogen) atoms. The SMILES string of the molecule is C=C(CC(=O)OC1(c2ccc(C)cc2)COC1)C(=O)OCCC(=O)O. The lowest BCUT2D eigenvalue weighted by Gasteiger charge is -2.41. The molecule has 1 N–H and O–H groups in total. The largest absolute Gasteiger partial charge is 0.481 e. The number of benzene rings is 1. The maximum Gasteiger partial charge on any atom is 0.334 e. The smallest absolute Gasteiger partial charge is 0.334 e. The van der Waals surface area contributed by atoms with Gasteiger partial charge in [-0.2, -0.15) is 0 Å². The molecule has 0 aliphatic carbocycles. The van der Waals surface area contributed by atoms with Gasteiger partial charge in [-0.05, 0) is 6.92 Å². The Kier molecular flexibility index (Phi) is 5.93. The van der Waals surface area contributed by atoms with Gasteiger partial charge in [0.1, 0.15) is 6.61 Å². The average molecular weight is 348 g/mol. The lowest BCUT2D eigenvalue weighted by atomic mass is 9.91. The van der Waals surface area contributed by atoms with E-state index in [9.17, 15) is 14.4 Å². The fourth-order valence-corrected chi connectivity index (χ4v) is 2.26. The maximum atomic E-state index is 12.1. The summed E-state index contributed by atoms with van der Waals surface area (Å²) in [5.41, 5.74) is 0.975. The minimum absolute atomic E-state index is 0.0883. The fraction of sp³-hybridized carbons (Fsp3) is 0.389. The van der Waals surface area contributed by atoms with Crippen molar-refractivity contribution in [1.82, 2.24) is 0 Å². The van der Waals surface area contributed by atoms with E-state index in [4.69, 9.17) is 19.3 Å². The molecule has 1 heterocycles. The first kappa shape index (κ1) is 18.7. The van der Waals surface area contributed by atoms with Crippen LogP contribution in [0.25, 0.3) is 0 Å². The minimum atomic E-state index is -1.08. The van der Waals surface area contributed by atoms with Crippen molar-refractivity contribution in [3.63, 3.8) is 0 Å². The first-order valence-electron chi connectivity index (χ1n) is 7.76. The van der Waals surface area contributed by atoms with Gasteiger partial charge in [-0.3, -0.25) is 9.59 Å². The lowest BCUT2D eigenvalue weighted by Crippen LogP contribution is -2.50. The standard InChI is InChI=1S/C18H20O7/c1-12-3-5-14(6-4-12)18(10-23-11-18)25-16(21)9-13(2)17(22)24-8-7-15(19)20/h3-6H,2,7-11H2,1H3,(H,19,20). The van der Waals surface area contributed by atoms with Gasteiger partial charge in [0, 0.05) is 11.1 Å². The summed E-state index contributed by atoms with van der Waals surface area (Å²) in [7, 11) is 0. The van der Waals surface area contributed by atoms with Crippen molar-refractivity contribution in [3.8, 4) is 0 Å². The Morgan fingerprint density at radius 3 is 2.40 bits per heavy atom. The number of hydrogen-bond acceptors (Lipinski definition) is 6. The Labute approximate surface area is 145 Å². The number of aliphatic carboxylic acids is 1. The van der Waals surface area contributed by atoms with Crippen molar-refractivity contribution in [1.29, 1.82) is 0 Å². The Bertz CT molecular complexity index is 671. The molecule has 1 saturated heterocycles. The van der Waals surface area contributed by atoms with E-state index in [1.54, 1.807) is 0 Å². The van der Waals surface area contributed by atoms with Gasteiger partial charge in [0.2, 0.25) is 0 Å². The third-order valence-electron chi connectivity index (χ3n) is 3.75. The average Bonchev–Trinajstić information content (AvgIpc) is 2.51. The predicted octanol–water partition coefficient (Wildman–Crippen LogP) is 1.73. The summed E-state index contributed by atoms with van der Waals surface area (Å²) in [6.45, 7) is 5.67. The van der Waals surface area contributed by atoms with E-state index in [1.807, 2.05) is 31.2 Å².